The van der Waals surface area contributed by atoms with E-state index in [0.29, 0.717) is 33.5 Å². The highest BCUT2D eigenvalue weighted by Crippen LogP contribution is 2.36. The van der Waals surface area contributed by atoms with Gasteiger partial charge in [-0.2, -0.15) is 0 Å². The molecule has 0 fully saturated rings. The standard InChI is InChI=1S/C31H29FN2O5S/c1-31(14-11-22(12-15-31)26-7-4-6-25(19-33)30(26)32)40(37,38)34-16-13-23-10-9-21(17-27(23)34)20-39-28-8-3-2-5-24(28)18-29(35)36/h2-14,16-17H,15,18-20,33H2,1H3,(H,35,36). The smallest absolute Gasteiger partial charge is 0.307 e. The molecule has 0 saturated carbocycles. The highest BCUT2D eigenvalue weighted by molar-refractivity contribution is 7.91. The molecule has 3 aromatic carbocycles. The molecule has 1 unspecified atom stereocenters. The van der Waals surface area contributed by atoms with E-state index >= 15 is 0 Å². The predicted octanol–water partition coefficient (Wildman–Crippen LogP) is 5.43. The minimum Gasteiger partial charge on any atom is -0.489 e. The van der Waals surface area contributed by atoms with Crippen molar-refractivity contribution in [2.75, 3.05) is 0 Å². The van der Waals surface area contributed by atoms with Gasteiger partial charge in [-0.3, -0.25) is 4.79 Å². The van der Waals surface area contributed by atoms with Gasteiger partial charge in [-0.1, -0.05) is 66.8 Å². The molecular formula is C31H29FN2O5S. The third kappa shape index (κ3) is 5.05. The van der Waals surface area contributed by atoms with Crippen LogP contribution in [0.25, 0.3) is 16.5 Å². The molecule has 0 spiro atoms. The number of allylic oxidation sites excluding steroid dienone is 3. The summed E-state index contributed by atoms with van der Waals surface area (Å²) in [5, 5.41) is 9.92. The van der Waals surface area contributed by atoms with Crippen LogP contribution in [0.3, 0.4) is 0 Å². The molecule has 40 heavy (non-hydrogen) atoms. The Morgan fingerprint density at radius 1 is 1.10 bits per heavy atom. The number of fused-ring (bicyclic) bond motifs is 1. The second kappa shape index (κ2) is 10.7. The molecule has 4 aromatic rings. The van der Waals surface area contributed by atoms with Crippen LogP contribution in [0.4, 0.5) is 4.39 Å². The lowest BCUT2D eigenvalue weighted by molar-refractivity contribution is -0.136. The topological polar surface area (TPSA) is 112 Å². The fourth-order valence-corrected chi connectivity index (χ4v) is 6.48. The number of ether oxygens (including phenoxy) is 1. The van der Waals surface area contributed by atoms with Crippen LogP contribution in [0, 0.1) is 5.82 Å². The van der Waals surface area contributed by atoms with Crippen molar-refractivity contribution >= 4 is 32.5 Å². The van der Waals surface area contributed by atoms with Gasteiger partial charge in [-0.25, -0.2) is 16.8 Å². The number of nitrogens with zero attached hydrogens (tertiary/aromatic N) is 1. The minimum absolute atomic E-state index is 0.0747. The molecule has 0 bridgehead atoms. The Hall–Kier alpha value is -4.21. The summed E-state index contributed by atoms with van der Waals surface area (Å²) in [6.07, 6.45) is 6.55. The van der Waals surface area contributed by atoms with Crippen molar-refractivity contribution in [3.63, 3.8) is 0 Å². The zero-order chi connectivity index (χ0) is 28.5. The van der Waals surface area contributed by atoms with E-state index < -0.39 is 26.6 Å². The van der Waals surface area contributed by atoms with Gasteiger partial charge in [0.25, 0.3) is 0 Å². The van der Waals surface area contributed by atoms with Crippen LogP contribution in [-0.4, -0.2) is 28.2 Å². The molecule has 1 atom stereocenters. The number of nitrogens with two attached hydrogens (primary N) is 1. The molecule has 1 heterocycles. The van der Waals surface area contributed by atoms with E-state index in [4.69, 9.17) is 15.6 Å². The summed E-state index contributed by atoms with van der Waals surface area (Å²) in [5.74, 6) is -0.894. The summed E-state index contributed by atoms with van der Waals surface area (Å²) in [4.78, 5) is 11.2. The van der Waals surface area contributed by atoms with Crippen molar-refractivity contribution in [2.24, 2.45) is 5.73 Å². The fourth-order valence-electron chi connectivity index (χ4n) is 4.85. The maximum Gasteiger partial charge on any atom is 0.307 e. The molecule has 5 rings (SSSR count). The van der Waals surface area contributed by atoms with E-state index in [-0.39, 0.29) is 26.0 Å². The van der Waals surface area contributed by atoms with Crippen molar-refractivity contribution in [2.45, 2.75) is 37.7 Å². The van der Waals surface area contributed by atoms with E-state index in [1.807, 2.05) is 12.1 Å². The van der Waals surface area contributed by atoms with Gasteiger partial charge in [0.15, 0.2) is 0 Å². The van der Waals surface area contributed by atoms with E-state index in [1.54, 1.807) is 79.7 Å². The highest BCUT2D eigenvalue weighted by Gasteiger charge is 2.39. The summed E-state index contributed by atoms with van der Waals surface area (Å²) >= 11 is 0. The van der Waals surface area contributed by atoms with Gasteiger partial charge < -0.3 is 15.6 Å². The van der Waals surface area contributed by atoms with Gasteiger partial charge in [0, 0.05) is 34.8 Å². The Balaban J connectivity index is 1.40. The molecule has 9 heteroatoms. The number of halogens is 1. The number of carboxylic acid groups (broad SMARTS) is 1. The quantitative estimate of drug-likeness (QED) is 0.283. The first kappa shape index (κ1) is 27.4. The zero-order valence-corrected chi connectivity index (χ0v) is 22.7. The van der Waals surface area contributed by atoms with E-state index in [0.717, 1.165) is 10.9 Å². The molecule has 206 valence electrons. The number of carboxylic acids is 1. The van der Waals surface area contributed by atoms with Gasteiger partial charge in [0.05, 0.1) is 11.9 Å². The van der Waals surface area contributed by atoms with Gasteiger partial charge in [-0.15, -0.1) is 0 Å². The average molecular weight is 561 g/mol. The lowest BCUT2D eigenvalue weighted by atomic mass is 9.92. The average Bonchev–Trinajstić information content (AvgIpc) is 3.37. The Labute approximate surface area is 232 Å². The molecular weight excluding hydrogens is 531 g/mol. The van der Waals surface area contributed by atoms with Gasteiger partial charge in [0.1, 0.15) is 22.9 Å². The minimum atomic E-state index is -3.91. The number of aliphatic carboxylic acids is 1. The number of para-hydroxylation sites is 1. The summed E-state index contributed by atoms with van der Waals surface area (Å²) in [6, 6.07) is 19.1. The number of carbonyl (C=O) groups is 1. The Morgan fingerprint density at radius 2 is 1.88 bits per heavy atom. The van der Waals surface area contributed by atoms with Gasteiger partial charge in [0.2, 0.25) is 10.0 Å². The van der Waals surface area contributed by atoms with Gasteiger partial charge >= 0.3 is 5.97 Å². The SMILES string of the molecule is CC1(S(=O)(=O)n2ccc3ccc(COc4ccccc4CC(=O)O)cc32)C=CC(c2cccc(CN)c2F)=CC1. The van der Waals surface area contributed by atoms with Crippen molar-refractivity contribution in [1.29, 1.82) is 0 Å². The highest BCUT2D eigenvalue weighted by atomic mass is 32.2. The van der Waals surface area contributed by atoms with Crippen molar-refractivity contribution in [3.8, 4) is 5.75 Å². The van der Waals surface area contributed by atoms with Crippen LogP contribution >= 0.6 is 0 Å². The number of benzene rings is 3. The molecule has 1 aliphatic rings. The number of hydrogen-bond donors (Lipinski definition) is 2. The van der Waals surface area contributed by atoms with Crippen molar-refractivity contribution in [1.82, 2.24) is 3.97 Å². The predicted molar refractivity (Wildman–Crippen MR) is 153 cm³/mol. The largest absolute Gasteiger partial charge is 0.489 e. The molecule has 0 aliphatic heterocycles. The molecule has 0 saturated heterocycles. The molecule has 7 nitrogen and oxygen atoms in total. The van der Waals surface area contributed by atoms with E-state index in [1.165, 1.54) is 10.2 Å². The van der Waals surface area contributed by atoms with Crippen LogP contribution in [-0.2, 0) is 34.4 Å². The maximum atomic E-state index is 14.9. The molecule has 0 radical (unpaired) electrons. The lowest BCUT2D eigenvalue weighted by Crippen LogP contribution is -2.38. The Kier molecular flexibility index (Phi) is 7.35. The number of rotatable bonds is 9. The summed E-state index contributed by atoms with van der Waals surface area (Å²) in [6.45, 7) is 1.86. The first-order chi connectivity index (χ1) is 19.1. The van der Waals surface area contributed by atoms with Crippen LogP contribution in [0.2, 0.25) is 0 Å². The summed E-state index contributed by atoms with van der Waals surface area (Å²) < 4.78 is 48.7. The molecule has 3 N–H and O–H groups in total. The monoisotopic (exact) mass is 560 g/mol. The second-order valence-corrected chi connectivity index (χ2v) is 12.2. The third-order valence-corrected chi connectivity index (χ3v) is 9.55. The van der Waals surface area contributed by atoms with Crippen molar-refractivity contribution < 1.29 is 27.4 Å². The fraction of sp³-hybridized carbons (Fsp3) is 0.194. The van der Waals surface area contributed by atoms with Gasteiger partial charge in [-0.05, 0) is 42.7 Å². The van der Waals surface area contributed by atoms with Crippen molar-refractivity contribution in [3.05, 3.63) is 119 Å². The molecule has 1 aromatic heterocycles. The van der Waals surface area contributed by atoms with Crippen LogP contribution < -0.4 is 10.5 Å². The van der Waals surface area contributed by atoms with E-state index in [2.05, 4.69) is 0 Å². The zero-order valence-electron chi connectivity index (χ0n) is 21.9. The molecule has 0 amide bonds. The van der Waals surface area contributed by atoms with Crippen LogP contribution in [0.1, 0.15) is 35.6 Å². The first-order valence-electron chi connectivity index (χ1n) is 12.8. The lowest BCUT2D eigenvalue weighted by Gasteiger charge is -2.29. The number of hydrogen-bond acceptors (Lipinski definition) is 5. The van der Waals surface area contributed by atoms with Crippen LogP contribution in [0.5, 0.6) is 5.75 Å². The number of aromatic nitrogens is 1. The Morgan fingerprint density at radius 3 is 2.60 bits per heavy atom. The normalized spacial score (nSPS) is 17.1. The third-order valence-electron chi connectivity index (χ3n) is 7.23. The molecule has 1 aliphatic carbocycles. The van der Waals surface area contributed by atoms with E-state index in [9.17, 15) is 17.6 Å². The maximum absolute atomic E-state index is 14.9. The Bertz CT molecular complexity index is 1770. The first-order valence-corrected chi connectivity index (χ1v) is 14.2. The summed E-state index contributed by atoms with van der Waals surface area (Å²) in [5.41, 5.74) is 8.84. The van der Waals surface area contributed by atoms with Crippen LogP contribution in [0.15, 0.2) is 91.2 Å². The second-order valence-electron chi connectivity index (χ2n) is 9.97. The summed E-state index contributed by atoms with van der Waals surface area (Å²) in [7, 11) is -3.91.